The molecule has 0 spiro atoms. The summed E-state index contributed by atoms with van der Waals surface area (Å²) in [6.45, 7) is 3.26. The van der Waals surface area contributed by atoms with Gasteiger partial charge in [-0.15, -0.1) is 24.0 Å². The number of rotatable bonds is 7. The van der Waals surface area contributed by atoms with Crippen LogP contribution in [0.4, 0.5) is 4.39 Å². The molecule has 0 atom stereocenters. The Morgan fingerprint density at radius 1 is 1.36 bits per heavy atom. The molecule has 1 aromatic rings. The van der Waals surface area contributed by atoms with Crippen LogP contribution in [0.3, 0.4) is 0 Å². The third-order valence-electron chi connectivity index (χ3n) is 3.91. The molecule has 1 fully saturated rings. The molecule has 6 heteroatoms. The molecule has 0 aromatic heterocycles. The van der Waals surface area contributed by atoms with Crippen LogP contribution >= 0.6 is 24.0 Å². The summed E-state index contributed by atoms with van der Waals surface area (Å²) in [5.41, 5.74) is 6.94. The van der Waals surface area contributed by atoms with E-state index in [2.05, 4.69) is 15.2 Å². The zero-order valence-corrected chi connectivity index (χ0v) is 15.4. The summed E-state index contributed by atoms with van der Waals surface area (Å²) in [5, 5.41) is 3.14. The second-order valence-electron chi connectivity index (χ2n) is 5.81. The van der Waals surface area contributed by atoms with Gasteiger partial charge in [0.2, 0.25) is 0 Å². The largest absolute Gasteiger partial charge is 0.370 e. The molecule has 1 aliphatic carbocycles. The van der Waals surface area contributed by atoms with E-state index in [-0.39, 0.29) is 29.8 Å². The summed E-state index contributed by atoms with van der Waals surface area (Å²) in [6, 6.07) is 6.61. The van der Waals surface area contributed by atoms with Crippen LogP contribution in [0.2, 0.25) is 0 Å². The van der Waals surface area contributed by atoms with Crippen molar-refractivity contribution in [3.05, 3.63) is 35.6 Å². The van der Waals surface area contributed by atoms with E-state index >= 15 is 0 Å². The van der Waals surface area contributed by atoms with Crippen LogP contribution in [0, 0.1) is 11.7 Å². The van der Waals surface area contributed by atoms with Gasteiger partial charge in [0.25, 0.3) is 0 Å². The first-order valence-electron chi connectivity index (χ1n) is 7.60. The predicted molar refractivity (Wildman–Crippen MR) is 100.0 cm³/mol. The summed E-state index contributed by atoms with van der Waals surface area (Å²) in [5.74, 6) is 1.09. The normalized spacial score (nSPS) is 15.3. The molecule has 2 rings (SSSR count). The first-order valence-corrected chi connectivity index (χ1v) is 7.60. The minimum Gasteiger partial charge on any atom is -0.370 e. The van der Waals surface area contributed by atoms with Crippen molar-refractivity contribution in [2.24, 2.45) is 16.6 Å². The van der Waals surface area contributed by atoms with E-state index in [1.165, 1.54) is 31.4 Å². The van der Waals surface area contributed by atoms with Gasteiger partial charge in [-0.1, -0.05) is 18.6 Å². The van der Waals surface area contributed by atoms with E-state index in [1.807, 2.05) is 19.2 Å². The van der Waals surface area contributed by atoms with E-state index in [0.717, 1.165) is 37.7 Å². The van der Waals surface area contributed by atoms with Crippen LogP contribution < -0.4 is 11.1 Å². The molecule has 1 aliphatic rings. The summed E-state index contributed by atoms with van der Waals surface area (Å²) in [4.78, 5) is 6.53. The molecular formula is C16H26FIN4. The third-order valence-corrected chi connectivity index (χ3v) is 3.91. The highest BCUT2D eigenvalue weighted by molar-refractivity contribution is 14.0. The van der Waals surface area contributed by atoms with Gasteiger partial charge in [0.05, 0.1) is 0 Å². The lowest BCUT2D eigenvalue weighted by atomic mass is 9.86. The lowest BCUT2D eigenvalue weighted by Crippen LogP contribution is -2.37. The second-order valence-corrected chi connectivity index (χ2v) is 5.81. The molecule has 0 saturated heterocycles. The molecule has 4 nitrogen and oxygen atoms in total. The smallest absolute Gasteiger partial charge is 0.188 e. The molecule has 0 heterocycles. The summed E-state index contributed by atoms with van der Waals surface area (Å²) in [7, 11) is 2.03. The fraction of sp³-hybridized carbons (Fsp3) is 0.562. The maximum atomic E-state index is 12.8. The number of hydrogen-bond acceptors (Lipinski definition) is 2. The van der Waals surface area contributed by atoms with Crippen LogP contribution in [-0.2, 0) is 6.54 Å². The molecule has 1 aromatic carbocycles. The first kappa shape index (κ1) is 19.2. The lowest BCUT2D eigenvalue weighted by Gasteiger charge is -2.23. The maximum Gasteiger partial charge on any atom is 0.188 e. The van der Waals surface area contributed by atoms with Gasteiger partial charge in [0, 0.05) is 26.2 Å². The predicted octanol–water partition coefficient (Wildman–Crippen LogP) is 2.58. The van der Waals surface area contributed by atoms with Gasteiger partial charge in [-0.3, -0.25) is 4.99 Å². The number of nitrogens with zero attached hydrogens (tertiary/aromatic N) is 2. The molecule has 22 heavy (non-hydrogen) atoms. The maximum absolute atomic E-state index is 12.8. The van der Waals surface area contributed by atoms with Gasteiger partial charge >= 0.3 is 0 Å². The number of aliphatic imine (C=N–C) groups is 1. The second kappa shape index (κ2) is 9.99. The van der Waals surface area contributed by atoms with Crippen molar-refractivity contribution in [1.29, 1.82) is 0 Å². The number of hydrogen-bond donors (Lipinski definition) is 2. The highest BCUT2D eigenvalue weighted by Gasteiger charge is 2.16. The van der Waals surface area contributed by atoms with E-state index in [0.29, 0.717) is 5.96 Å². The van der Waals surface area contributed by atoms with Crippen LogP contribution in [-0.4, -0.2) is 37.5 Å². The fourth-order valence-electron chi connectivity index (χ4n) is 2.31. The molecule has 0 radical (unpaired) electrons. The van der Waals surface area contributed by atoms with Crippen molar-refractivity contribution in [3.8, 4) is 0 Å². The number of nitrogens with two attached hydrogens (primary N) is 1. The molecular weight excluding hydrogens is 394 g/mol. The third kappa shape index (κ3) is 6.91. The Kier molecular flexibility index (Phi) is 8.70. The fourth-order valence-corrected chi connectivity index (χ4v) is 2.31. The Morgan fingerprint density at radius 3 is 2.64 bits per heavy atom. The van der Waals surface area contributed by atoms with Crippen molar-refractivity contribution in [3.63, 3.8) is 0 Å². The Morgan fingerprint density at radius 2 is 2.05 bits per heavy atom. The van der Waals surface area contributed by atoms with Gasteiger partial charge in [0.15, 0.2) is 5.96 Å². The first-order chi connectivity index (χ1) is 10.1. The Bertz CT molecular complexity index is 460. The number of benzene rings is 1. The molecule has 3 N–H and O–H groups in total. The average molecular weight is 420 g/mol. The molecule has 0 bridgehead atoms. The Balaban J connectivity index is 0.00000242. The van der Waals surface area contributed by atoms with Crippen LogP contribution in [0.15, 0.2) is 29.3 Å². The average Bonchev–Trinajstić information content (AvgIpc) is 2.39. The highest BCUT2D eigenvalue weighted by Crippen LogP contribution is 2.26. The lowest BCUT2D eigenvalue weighted by molar-refractivity contribution is 0.324. The SMILES string of the molecule is CN(CCNC(N)=NCC1CCC1)Cc1ccc(F)cc1.I. The minimum absolute atomic E-state index is 0. The molecule has 1 saturated carbocycles. The van der Waals surface area contributed by atoms with Crippen LogP contribution in [0.25, 0.3) is 0 Å². The van der Waals surface area contributed by atoms with Gasteiger partial charge in [0.1, 0.15) is 5.82 Å². The monoisotopic (exact) mass is 420 g/mol. The van der Waals surface area contributed by atoms with Gasteiger partial charge < -0.3 is 16.0 Å². The summed E-state index contributed by atoms with van der Waals surface area (Å²) >= 11 is 0. The van der Waals surface area contributed by atoms with E-state index in [9.17, 15) is 4.39 Å². The van der Waals surface area contributed by atoms with E-state index < -0.39 is 0 Å². The number of guanidine groups is 1. The van der Waals surface area contributed by atoms with Gasteiger partial charge in [-0.25, -0.2) is 4.39 Å². The molecule has 0 unspecified atom stereocenters. The Labute approximate surface area is 149 Å². The van der Waals surface area contributed by atoms with Crippen molar-refractivity contribution in [1.82, 2.24) is 10.2 Å². The topological polar surface area (TPSA) is 53.6 Å². The van der Waals surface area contributed by atoms with Crippen molar-refractivity contribution in [2.45, 2.75) is 25.8 Å². The highest BCUT2D eigenvalue weighted by atomic mass is 127. The van der Waals surface area contributed by atoms with Crippen molar-refractivity contribution in [2.75, 3.05) is 26.7 Å². The standard InChI is InChI=1S/C16H25FN4.HI/c1-21(12-14-5-7-15(17)8-6-14)10-9-19-16(18)20-11-13-3-2-4-13;/h5-8,13H,2-4,9-12H2,1H3,(H3,18,19,20);1H. The van der Waals surface area contributed by atoms with Crippen molar-refractivity contribution < 1.29 is 4.39 Å². The molecule has 124 valence electrons. The number of halogens is 2. The zero-order chi connectivity index (χ0) is 15.1. The number of likely N-dealkylation sites (N-methyl/N-ethyl adjacent to an activating group) is 1. The molecule has 0 amide bonds. The summed E-state index contributed by atoms with van der Waals surface area (Å²) in [6.07, 6.45) is 3.91. The van der Waals surface area contributed by atoms with E-state index in [4.69, 9.17) is 5.73 Å². The van der Waals surface area contributed by atoms with E-state index in [1.54, 1.807) is 0 Å². The minimum atomic E-state index is -0.196. The van der Waals surface area contributed by atoms with Crippen LogP contribution in [0.1, 0.15) is 24.8 Å². The number of nitrogens with one attached hydrogen (secondary N) is 1. The molecule has 0 aliphatic heterocycles. The Hall–Kier alpha value is -0.890. The quantitative estimate of drug-likeness (QED) is 0.405. The van der Waals surface area contributed by atoms with Crippen molar-refractivity contribution >= 4 is 29.9 Å². The van der Waals surface area contributed by atoms with Gasteiger partial charge in [-0.05, 0) is 43.5 Å². The summed E-state index contributed by atoms with van der Waals surface area (Å²) < 4.78 is 12.8. The van der Waals surface area contributed by atoms with Gasteiger partial charge in [-0.2, -0.15) is 0 Å². The zero-order valence-electron chi connectivity index (χ0n) is 13.1. The van der Waals surface area contributed by atoms with Crippen LogP contribution in [0.5, 0.6) is 0 Å².